The van der Waals surface area contributed by atoms with Gasteiger partial charge in [0, 0.05) is 12.2 Å². The van der Waals surface area contributed by atoms with Crippen LogP contribution >= 0.6 is 0 Å². The third-order valence-corrected chi connectivity index (χ3v) is 4.09. The van der Waals surface area contributed by atoms with E-state index in [9.17, 15) is 0 Å². The molecule has 1 nitrogen and oxygen atoms in total. The van der Waals surface area contributed by atoms with Gasteiger partial charge < -0.3 is 5.32 Å². The van der Waals surface area contributed by atoms with Crippen molar-refractivity contribution in [1.29, 1.82) is 0 Å². The summed E-state index contributed by atoms with van der Waals surface area (Å²) in [6.45, 7) is 3.42. The molecule has 2 rings (SSSR count). The second-order valence-corrected chi connectivity index (χ2v) is 5.65. The zero-order chi connectivity index (χ0) is 12.6. The van der Waals surface area contributed by atoms with Crippen LogP contribution in [0.5, 0.6) is 0 Å². The van der Waals surface area contributed by atoms with E-state index in [1.807, 2.05) is 0 Å². The van der Waals surface area contributed by atoms with Gasteiger partial charge in [-0.2, -0.15) is 0 Å². The van der Waals surface area contributed by atoms with Gasteiger partial charge in [-0.1, -0.05) is 57.2 Å². The Hall–Kier alpha value is -0.980. The highest BCUT2D eigenvalue weighted by molar-refractivity contribution is 5.51. The average molecular weight is 245 g/mol. The Balaban J connectivity index is 1.88. The van der Waals surface area contributed by atoms with E-state index in [1.165, 1.54) is 69.2 Å². The molecule has 0 radical (unpaired) electrons. The van der Waals surface area contributed by atoms with Crippen LogP contribution in [0.2, 0.25) is 0 Å². The summed E-state index contributed by atoms with van der Waals surface area (Å²) in [5, 5.41) is 3.70. The summed E-state index contributed by atoms with van der Waals surface area (Å²) in [5.74, 6) is 0.891. The van der Waals surface area contributed by atoms with Crippen LogP contribution in [0, 0.1) is 5.92 Å². The van der Waals surface area contributed by atoms with Gasteiger partial charge in [0.25, 0.3) is 0 Å². The second-order valence-electron chi connectivity index (χ2n) is 5.65. The maximum absolute atomic E-state index is 3.70. The highest BCUT2D eigenvalue weighted by Crippen LogP contribution is 2.24. The maximum atomic E-state index is 3.70. The quantitative estimate of drug-likeness (QED) is 0.718. The second kappa shape index (κ2) is 7.45. The van der Waals surface area contributed by atoms with Crippen molar-refractivity contribution in [3.63, 3.8) is 0 Å². The molecule has 1 heteroatoms. The lowest BCUT2D eigenvalue weighted by molar-refractivity contribution is 0.483. The van der Waals surface area contributed by atoms with Crippen LogP contribution in [0.3, 0.4) is 0 Å². The van der Waals surface area contributed by atoms with Crippen molar-refractivity contribution in [3.8, 4) is 0 Å². The number of anilines is 1. The van der Waals surface area contributed by atoms with Crippen molar-refractivity contribution in [1.82, 2.24) is 0 Å². The molecule has 1 aliphatic rings. The lowest BCUT2D eigenvalue weighted by Gasteiger charge is -2.17. The SMILES string of the molecule is CCCc1ccccc1NCC1CCCCCC1. The molecular weight excluding hydrogens is 218 g/mol. The monoisotopic (exact) mass is 245 g/mol. The summed E-state index contributed by atoms with van der Waals surface area (Å²) < 4.78 is 0. The van der Waals surface area contributed by atoms with E-state index in [1.54, 1.807) is 0 Å². The van der Waals surface area contributed by atoms with Gasteiger partial charge in [-0.25, -0.2) is 0 Å². The number of hydrogen-bond acceptors (Lipinski definition) is 1. The summed E-state index contributed by atoms with van der Waals surface area (Å²) in [6, 6.07) is 8.80. The minimum absolute atomic E-state index is 0.891. The van der Waals surface area contributed by atoms with E-state index >= 15 is 0 Å². The zero-order valence-corrected chi connectivity index (χ0v) is 11.8. The number of benzene rings is 1. The Labute approximate surface area is 112 Å². The molecule has 1 aromatic rings. The Bertz CT molecular complexity index is 337. The van der Waals surface area contributed by atoms with Crippen molar-refractivity contribution in [2.75, 3.05) is 11.9 Å². The summed E-state index contributed by atoms with van der Waals surface area (Å²) in [5.41, 5.74) is 2.84. The van der Waals surface area contributed by atoms with Gasteiger partial charge in [-0.3, -0.25) is 0 Å². The molecule has 100 valence electrons. The number of para-hydroxylation sites is 1. The largest absolute Gasteiger partial charge is 0.385 e. The molecule has 1 aromatic carbocycles. The van der Waals surface area contributed by atoms with Crippen LogP contribution in [0.1, 0.15) is 57.4 Å². The smallest absolute Gasteiger partial charge is 0.0372 e. The van der Waals surface area contributed by atoms with Crippen molar-refractivity contribution < 1.29 is 0 Å². The van der Waals surface area contributed by atoms with Crippen molar-refractivity contribution in [2.45, 2.75) is 58.3 Å². The molecule has 0 heterocycles. The van der Waals surface area contributed by atoms with Crippen LogP contribution in [-0.2, 0) is 6.42 Å². The topological polar surface area (TPSA) is 12.0 Å². The van der Waals surface area contributed by atoms with Gasteiger partial charge >= 0.3 is 0 Å². The van der Waals surface area contributed by atoms with Crippen LogP contribution in [0.4, 0.5) is 5.69 Å². The first kappa shape index (κ1) is 13.5. The van der Waals surface area contributed by atoms with Crippen molar-refractivity contribution >= 4 is 5.69 Å². The van der Waals surface area contributed by atoms with Crippen LogP contribution in [0.25, 0.3) is 0 Å². The molecule has 1 aliphatic carbocycles. The fourth-order valence-corrected chi connectivity index (χ4v) is 3.00. The number of nitrogens with one attached hydrogen (secondary N) is 1. The first-order valence-electron chi connectivity index (χ1n) is 7.72. The van der Waals surface area contributed by atoms with E-state index in [-0.39, 0.29) is 0 Å². The third-order valence-electron chi connectivity index (χ3n) is 4.09. The average Bonchev–Trinajstić information content (AvgIpc) is 2.67. The third kappa shape index (κ3) is 4.04. The van der Waals surface area contributed by atoms with Gasteiger partial charge in [-0.15, -0.1) is 0 Å². The van der Waals surface area contributed by atoms with E-state index in [4.69, 9.17) is 0 Å². The molecule has 0 bridgehead atoms. The molecule has 0 atom stereocenters. The zero-order valence-electron chi connectivity index (χ0n) is 11.8. The van der Waals surface area contributed by atoms with Gasteiger partial charge in [0.15, 0.2) is 0 Å². The van der Waals surface area contributed by atoms with E-state index in [2.05, 4.69) is 36.5 Å². The minimum atomic E-state index is 0.891. The molecule has 0 amide bonds. The van der Waals surface area contributed by atoms with Crippen molar-refractivity contribution in [2.24, 2.45) is 5.92 Å². The fourth-order valence-electron chi connectivity index (χ4n) is 3.00. The molecule has 0 saturated heterocycles. The minimum Gasteiger partial charge on any atom is -0.385 e. The molecule has 0 aliphatic heterocycles. The predicted molar refractivity (Wildman–Crippen MR) is 80.1 cm³/mol. The molecule has 0 unspecified atom stereocenters. The van der Waals surface area contributed by atoms with Gasteiger partial charge in [0.2, 0.25) is 0 Å². The molecule has 1 fully saturated rings. The molecule has 18 heavy (non-hydrogen) atoms. The Kier molecular flexibility index (Phi) is 5.57. The number of aryl methyl sites for hydroxylation is 1. The Morgan fingerprint density at radius 1 is 1.06 bits per heavy atom. The highest BCUT2D eigenvalue weighted by atomic mass is 14.9. The fraction of sp³-hybridized carbons (Fsp3) is 0.647. The summed E-state index contributed by atoms with van der Waals surface area (Å²) in [4.78, 5) is 0. The normalized spacial score (nSPS) is 17.4. The predicted octanol–water partition coefficient (Wildman–Crippen LogP) is 5.02. The van der Waals surface area contributed by atoms with Gasteiger partial charge in [-0.05, 0) is 36.8 Å². The molecule has 0 aromatic heterocycles. The van der Waals surface area contributed by atoms with Gasteiger partial charge in [0.1, 0.15) is 0 Å². The molecule has 1 N–H and O–H groups in total. The summed E-state index contributed by atoms with van der Waals surface area (Å²) >= 11 is 0. The van der Waals surface area contributed by atoms with E-state index in [0.29, 0.717) is 0 Å². The summed E-state index contributed by atoms with van der Waals surface area (Å²) in [7, 11) is 0. The first-order valence-corrected chi connectivity index (χ1v) is 7.72. The molecular formula is C17H27N. The molecule has 0 spiro atoms. The first-order chi connectivity index (χ1) is 8.90. The van der Waals surface area contributed by atoms with Crippen LogP contribution < -0.4 is 5.32 Å². The number of hydrogen-bond donors (Lipinski definition) is 1. The Morgan fingerprint density at radius 2 is 1.78 bits per heavy atom. The lowest BCUT2D eigenvalue weighted by atomic mass is 10.00. The Morgan fingerprint density at radius 3 is 2.50 bits per heavy atom. The van der Waals surface area contributed by atoms with E-state index < -0.39 is 0 Å². The highest BCUT2D eigenvalue weighted by Gasteiger charge is 2.12. The molecule has 1 saturated carbocycles. The lowest BCUT2D eigenvalue weighted by Crippen LogP contribution is -2.14. The number of rotatable bonds is 5. The van der Waals surface area contributed by atoms with E-state index in [0.717, 1.165) is 5.92 Å². The van der Waals surface area contributed by atoms with Crippen LogP contribution in [0.15, 0.2) is 24.3 Å². The maximum Gasteiger partial charge on any atom is 0.0372 e. The van der Waals surface area contributed by atoms with Crippen LogP contribution in [-0.4, -0.2) is 6.54 Å². The summed E-state index contributed by atoms with van der Waals surface area (Å²) in [6.07, 6.45) is 11.0. The van der Waals surface area contributed by atoms with Crippen molar-refractivity contribution in [3.05, 3.63) is 29.8 Å². The van der Waals surface area contributed by atoms with Gasteiger partial charge in [0.05, 0.1) is 0 Å². The standard InChI is InChI=1S/C17H27N/c1-2-9-16-12-7-8-13-17(16)18-14-15-10-5-3-4-6-11-15/h7-8,12-13,15,18H,2-6,9-11,14H2,1H3.